The van der Waals surface area contributed by atoms with Crippen LogP contribution in [0.15, 0.2) is 42.5 Å². The third-order valence-corrected chi connectivity index (χ3v) is 4.33. The zero-order valence-electron chi connectivity index (χ0n) is 13.2. The first kappa shape index (κ1) is 15.5. The number of carboxylic acid groups (broad SMARTS) is 1. The second-order valence-corrected chi connectivity index (χ2v) is 5.93. The number of anilines is 1. The minimum Gasteiger partial charge on any atom is -0.477 e. The molecule has 1 atom stereocenters. The van der Waals surface area contributed by atoms with Crippen LogP contribution in [0, 0.1) is 0 Å². The van der Waals surface area contributed by atoms with Crippen LogP contribution in [0.3, 0.4) is 0 Å². The van der Waals surface area contributed by atoms with E-state index in [9.17, 15) is 4.79 Å². The Bertz CT molecular complexity index is 702. The van der Waals surface area contributed by atoms with Crippen LogP contribution in [0.5, 0.6) is 0 Å². The largest absolute Gasteiger partial charge is 0.477 e. The molecule has 0 amide bonds. The lowest BCUT2D eigenvalue weighted by Crippen LogP contribution is -2.41. The van der Waals surface area contributed by atoms with Gasteiger partial charge in [0.15, 0.2) is 5.69 Å². The van der Waals surface area contributed by atoms with E-state index in [1.807, 2.05) is 0 Å². The molecule has 0 spiro atoms. The van der Waals surface area contributed by atoms with Gasteiger partial charge in [-0.3, -0.25) is 4.90 Å². The van der Waals surface area contributed by atoms with E-state index in [0.29, 0.717) is 11.9 Å². The van der Waals surface area contributed by atoms with Gasteiger partial charge in [-0.05, 0) is 36.6 Å². The predicted molar refractivity (Wildman–Crippen MR) is 89.7 cm³/mol. The maximum atomic E-state index is 11.0. The number of hydrogen-bond donors (Lipinski definition) is 2. The van der Waals surface area contributed by atoms with E-state index in [-0.39, 0.29) is 5.69 Å². The highest BCUT2D eigenvalue weighted by Gasteiger charge is 2.20. The monoisotopic (exact) mass is 311 g/mol. The summed E-state index contributed by atoms with van der Waals surface area (Å²) in [5.74, 6) is -0.400. The minimum atomic E-state index is -1.01. The third-order valence-electron chi connectivity index (χ3n) is 4.33. The normalized spacial score (nSPS) is 15.7. The lowest BCUT2D eigenvalue weighted by molar-refractivity contribution is 0.0690. The standard InChI is InChI=1S/C18H21N3O2/c1-13(11-19-17-8-4-7-16(20-17)18(22)23)21-10-9-14-5-2-3-6-15(14)12-21/h2-8,13H,9-12H2,1H3,(H,19,20)(H,22,23)/t13-/m0/s1. The molecule has 2 aromatic rings. The molecule has 1 aliphatic heterocycles. The lowest BCUT2D eigenvalue weighted by atomic mass is 9.99. The van der Waals surface area contributed by atoms with Crippen molar-refractivity contribution < 1.29 is 9.90 Å². The van der Waals surface area contributed by atoms with Crippen molar-refractivity contribution in [2.24, 2.45) is 0 Å². The van der Waals surface area contributed by atoms with E-state index in [1.165, 1.54) is 17.2 Å². The number of carboxylic acids is 1. The highest BCUT2D eigenvalue weighted by Crippen LogP contribution is 2.20. The van der Waals surface area contributed by atoms with Crippen molar-refractivity contribution in [3.63, 3.8) is 0 Å². The molecule has 5 nitrogen and oxygen atoms in total. The maximum Gasteiger partial charge on any atom is 0.354 e. The summed E-state index contributed by atoms with van der Waals surface area (Å²) in [6.07, 6.45) is 1.08. The summed E-state index contributed by atoms with van der Waals surface area (Å²) >= 11 is 0. The predicted octanol–water partition coefficient (Wildman–Crippen LogP) is 2.64. The average molecular weight is 311 g/mol. The van der Waals surface area contributed by atoms with Crippen molar-refractivity contribution in [1.29, 1.82) is 0 Å². The van der Waals surface area contributed by atoms with Crippen molar-refractivity contribution in [1.82, 2.24) is 9.88 Å². The molecule has 0 saturated carbocycles. The molecule has 0 fully saturated rings. The minimum absolute atomic E-state index is 0.0644. The molecular formula is C18H21N3O2. The van der Waals surface area contributed by atoms with Gasteiger partial charge < -0.3 is 10.4 Å². The Morgan fingerprint density at radius 2 is 2.04 bits per heavy atom. The number of benzene rings is 1. The molecule has 1 aliphatic rings. The Morgan fingerprint density at radius 1 is 1.26 bits per heavy atom. The summed E-state index contributed by atoms with van der Waals surface area (Å²) in [7, 11) is 0. The molecule has 0 saturated heterocycles. The van der Waals surface area contributed by atoms with E-state index in [4.69, 9.17) is 5.11 Å². The Labute approximate surface area is 136 Å². The number of carbonyl (C=O) groups is 1. The lowest BCUT2D eigenvalue weighted by Gasteiger charge is -2.33. The molecule has 0 aliphatic carbocycles. The molecular weight excluding hydrogens is 290 g/mol. The van der Waals surface area contributed by atoms with Crippen LogP contribution in [0.4, 0.5) is 5.82 Å². The topological polar surface area (TPSA) is 65.5 Å². The number of pyridine rings is 1. The molecule has 23 heavy (non-hydrogen) atoms. The first-order valence-electron chi connectivity index (χ1n) is 7.88. The molecule has 2 heterocycles. The van der Waals surface area contributed by atoms with Crippen LogP contribution in [-0.2, 0) is 13.0 Å². The first-order valence-corrected chi connectivity index (χ1v) is 7.88. The van der Waals surface area contributed by atoms with Crippen LogP contribution >= 0.6 is 0 Å². The van der Waals surface area contributed by atoms with E-state index in [0.717, 1.165) is 26.1 Å². The summed E-state index contributed by atoms with van der Waals surface area (Å²) < 4.78 is 0. The van der Waals surface area contributed by atoms with E-state index >= 15 is 0 Å². The molecule has 120 valence electrons. The van der Waals surface area contributed by atoms with Gasteiger partial charge in [-0.2, -0.15) is 0 Å². The van der Waals surface area contributed by atoms with Crippen LogP contribution in [0.25, 0.3) is 0 Å². The van der Waals surface area contributed by atoms with Gasteiger partial charge in [-0.1, -0.05) is 30.3 Å². The fourth-order valence-corrected chi connectivity index (χ4v) is 2.93. The van der Waals surface area contributed by atoms with Crippen molar-refractivity contribution in [2.75, 3.05) is 18.4 Å². The Balaban J connectivity index is 1.59. The second-order valence-electron chi connectivity index (χ2n) is 5.93. The zero-order valence-corrected chi connectivity index (χ0v) is 13.2. The number of rotatable bonds is 5. The van der Waals surface area contributed by atoms with Crippen LogP contribution < -0.4 is 5.32 Å². The molecule has 0 bridgehead atoms. The summed E-state index contributed by atoms with van der Waals surface area (Å²) in [4.78, 5) is 17.5. The van der Waals surface area contributed by atoms with E-state index in [2.05, 4.69) is 46.4 Å². The number of nitrogens with one attached hydrogen (secondary N) is 1. The van der Waals surface area contributed by atoms with Gasteiger partial charge in [-0.25, -0.2) is 9.78 Å². The van der Waals surface area contributed by atoms with Crippen LogP contribution in [-0.4, -0.2) is 40.1 Å². The van der Waals surface area contributed by atoms with Gasteiger partial charge in [0.1, 0.15) is 5.82 Å². The number of nitrogens with zero attached hydrogens (tertiary/aromatic N) is 2. The van der Waals surface area contributed by atoms with Gasteiger partial charge >= 0.3 is 5.97 Å². The zero-order chi connectivity index (χ0) is 16.2. The quantitative estimate of drug-likeness (QED) is 0.888. The number of hydrogen-bond acceptors (Lipinski definition) is 4. The van der Waals surface area contributed by atoms with Crippen molar-refractivity contribution >= 4 is 11.8 Å². The molecule has 1 aromatic heterocycles. The summed E-state index contributed by atoms with van der Waals surface area (Å²) in [5, 5.41) is 12.2. The fraction of sp³-hybridized carbons (Fsp3) is 0.333. The van der Waals surface area contributed by atoms with Crippen LogP contribution in [0.1, 0.15) is 28.5 Å². The third kappa shape index (κ3) is 3.68. The molecule has 0 radical (unpaired) electrons. The van der Waals surface area contributed by atoms with Crippen molar-refractivity contribution in [2.45, 2.75) is 25.9 Å². The smallest absolute Gasteiger partial charge is 0.354 e. The van der Waals surface area contributed by atoms with Gasteiger partial charge in [-0.15, -0.1) is 0 Å². The average Bonchev–Trinajstić information content (AvgIpc) is 2.59. The number of fused-ring (bicyclic) bond motifs is 1. The summed E-state index contributed by atoms with van der Waals surface area (Å²) in [5.41, 5.74) is 2.91. The van der Waals surface area contributed by atoms with Gasteiger partial charge in [0.25, 0.3) is 0 Å². The highest BCUT2D eigenvalue weighted by molar-refractivity contribution is 5.85. The SMILES string of the molecule is C[C@@H](CNc1cccc(C(=O)O)n1)N1CCc2ccccc2C1. The summed E-state index contributed by atoms with van der Waals surface area (Å²) in [6.45, 7) is 4.92. The molecule has 2 N–H and O–H groups in total. The number of aromatic nitrogens is 1. The maximum absolute atomic E-state index is 11.0. The molecule has 5 heteroatoms. The highest BCUT2D eigenvalue weighted by atomic mass is 16.4. The van der Waals surface area contributed by atoms with Crippen LogP contribution in [0.2, 0.25) is 0 Å². The van der Waals surface area contributed by atoms with Crippen molar-refractivity contribution in [3.05, 3.63) is 59.3 Å². The van der Waals surface area contributed by atoms with Gasteiger partial charge in [0.2, 0.25) is 0 Å². The van der Waals surface area contributed by atoms with Gasteiger partial charge in [0.05, 0.1) is 0 Å². The summed E-state index contributed by atoms with van der Waals surface area (Å²) in [6, 6.07) is 13.9. The first-order chi connectivity index (χ1) is 11.1. The number of aromatic carboxylic acids is 1. The molecule has 1 aromatic carbocycles. The van der Waals surface area contributed by atoms with E-state index < -0.39 is 5.97 Å². The Hall–Kier alpha value is -2.40. The van der Waals surface area contributed by atoms with E-state index in [1.54, 1.807) is 12.1 Å². The molecule has 3 rings (SSSR count). The Kier molecular flexibility index (Phi) is 4.57. The Morgan fingerprint density at radius 3 is 2.83 bits per heavy atom. The fourth-order valence-electron chi connectivity index (χ4n) is 2.93. The van der Waals surface area contributed by atoms with Crippen molar-refractivity contribution in [3.8, 4) is 0 Å². The molecule has 0 unspecified atom stereocenters. The van der Waals surface area contributed by atoms with Gasteiger partial charge in [0, 0.05) is 25.7 Å². The second kappa shape index (κ2) is 6.79.